The van der Waals surface area contributed by atoms with Gasteiger partial charge in [-0.3, -0.25) is 18.9 Å². The standard InChI is InChI=1S/C25H33N2O9P/c1-5-14-32-21-20(36-24(29)18-11-9-8-10-12-18)19(13-15-37(31,33-6-2)34-7-3)35-23(21)27-16-17(4)22(28)26-25(27)30/h8-13,15-16,19-21,23H,5-7,14H2,1-4H3,(H,26,28,30)/b15-13+/t19-,20-,21-,23-/m1/s1. The molecule has 1 N–H and O–H groups in total. The molecule has 1 aromatic carbocycles. The van der Waals surface area contributed by atoms with Crippen LogP contribution in [0.4, 0.5) is 0 Å². The molecule has 1 aromatic heterocycles. The number of aryl methyl sites for hydroxylation is 1. The predicted octanol–water partition coefficient (Wildman–Crippen LogP) is 3.54. The molecule has 0 saturated carbocycles. The summed E-state index contributed by atoms with van der Waals surface area (Å²) >= 11 is 0. The lowest BCUT2D eigenvalue weighted by atomic mass is 10.1. The lowest BCUT2D eigenvalue weighted by Gasteiger charge is -2.25. The van der Waals surface area contributed by atoms with E-state index >= 15 is 0 Å². The average molecular weight is 537 g/mol. The van der Waals surface area contributed by atoms with Gasteiger partial charge in [0.25, 0.3) is 5.56 Å². The van der Waals surface area contributed by atoms with Crippen LogP contribution in [-0.4, -0.2) is 53.7 Å². The van der Waals surface area contributed by atoms with E-state index in [4.69, 9.17) is 23.3 Å². The van der Waals surface area contributed by atoms with E-state index in [-0.39, 0.29) is 25.4 Å². The topological polar surface area (TPSA) is 135 Å². The molecule has 2 heterocycles. The smallest absolute Gasteiger partial charge is 0.353 e. The van der Waals surface area contributed by atoms with Gasteiger partial charge in [0.15, 0.2) is 12.3 Å². The van der Waals surface area contributed by atoms with Gasteiger partial charge in [0.2, 0.25) is 0 Å². The molecule has 1 saturated heterocycles. The van der Waals surface area contributed by atoms with Crippen LogP contribution in [0.1, 0.15) is 49.3 Å². The molecular formula is C25H33N2O9P. The van der Waals surface area contributed by atoms with Crippen LogP contribution in [0.2, 0.25) is 0 Å². The summed E-state index contributed by atoms with van der Waals surface area (Å²) in [6.45, 7) is 7.41. The van der Waals surface area contributed by atoms with Crippen molar-refractivity contribution in [2.45, 2.75) is 58.7 Å². The zero-order valence-electron chi connectivity index (χ0n) is 21.3. The number of rotatable bonds is 12. The number of ether oxygens (including phenoxy) is 3. The fourth-order valence-electron chi connectivity index (χ4n) is 3.82. The van der Waals surface area contributed by atoms with Crippen molar-refractivity contribution in [1.29, 1.82) is 0 Å². The molecule has 1 aliphatic heterocycles. The molecule has 37 heavy (non-hydrogen) atoms. The number of H-pyrrole nitrogens is 1. The second-order valence-electron chi connectivity index (χ2n) is 8.26. The van der Waals surface area contributed by atoms with Crippen molar-refractivity contribution >= 4 is 13.6 Å². The van der Waals surface area contributed by atoms with E-state index in [0.29, 0.717) is 12.0 Å². The molecule has 0 aliphatic carbocycles. The number of hydrogen-bond acceptors (Lipinski definition) is 9. The van der Waals surface area contributed by atoms with Crippen LogP contribution in [0.5, 0.6) is 0 Å². The number of carbonyl (C=O) groups excluding carboxylic acids is 1. The first-order chi connectivity index (χ1) is 17.7. The van der Waals surface area contributed by atoms with E-state index in [2.05, 4.69) is 4.98 Å². The van der Waals surface area contributed by atoms with Gasteiger partial charge in [0.1, 0.15) is 12.2 Å². The highest BCUT2D eigenvalue weighted by Crippen LogP contribution is 2.50. The third kappa shape index (κ3) is 7.15. The van der Waals surface area contributed by atoms with Gasteiger partial charge in [-0.25, -0.2) is 9.59 Å². The maximum Gasteiger partial charge on any atom is 0.353 e. The number of aromatic nitrogens is 2. The van der Waals surface area contributed by atoms with Gasteiger partial charge in [-0.1, -0.05) is 25.1 Å². The Kier molecular flexibility index (Phi) is 10.2. The molecule has 11 nitrogen and oxygen atoms in total. The second-order valence-corrected chi connectivity index (χ2v) is 10.2. The molecule has 2 aromatic rings. The minimum Gasteiger partial charge on any atom is -0.453 e. The number of aromatic amines is 1. The Labute approximate surface area is 214 Å². The van der Waals surface area contributed by atoms with Gasteiger partial charge in [-0.15, -0.1) is 0 Å². The first-order valence-electron chi connectivity index (χ1n) is 12.2. The normalized spacial score (nSPS) is 21.9. The van der Waals surface area contributed by atoms with Crippen molar-refractivity contribution in [3.63, 3.8) is 0 Å². The molecule has 12 heteroatoms. The summed E-state index contributed by atoms with van der Waals surface area (Å²) in [6.07, 6.45) is -0.556. The van der Waals surface area contributed by atoms with Crippen LogP contribution in [0.3, 0.4) is 0 Å². The Bertz CT molecular complexity index is 1230. The van der Waals surface area contributed by atoms with Crippen molar-refractivity contribution in [1.82, 2.24) is 9.55 Å². The van der Waals surface area contributed by atoms with Gasteiger partial charge < -0.3 is 23.3 Å². The summed E-state index contributed by atoms with van der Waals surface area (Å²) < 4.78 is 42.9. The van der Waals surface area contributed by atoms with Gasteiger partial charge >= 0.3 is 19.3 Å². The van der Waals surface area contributed by atoms with Gasteiger partial charge in [-0.2, -0.15) is 0 Å². The van der Waals surface area contributed by atoms with Crippen molar-refractivity contribution in [2.75, 3.05) is 19.8 Å². The van der Waals surface area contributed by atoms with E-state index in [0.717, 1.165) is 0 Å². The predicted molar refractivity (Wildman–Crippen MR) is 136 cm³/mol. The Hall–Kier alpha value is -2.82. The molecule has 4 atom stereocenters. The van der Waals surface area contributed by atoms with Gasteiger partial charge in [0.05, 0.1) is 18.8 Å². The molecule has 1 fully saturated rings. The Balaban J connectivity index is 2.05. The van der Waals surface area contributed by atoms with E-state index < -0.39 is 49.4 Å². The van der Waals surface area contributed by atoms with E-state index in [9.17, 15) is 18.9 Å². The van der Waals surface area contributed by atoms with Crippen molar-refractivity contribution in [3.05, 3.63) is 80.4 Å². The lowest BCUT2D eigenvalue weighted by molar-refractivity contribution is -0.0715. The van der Waals surface area contributed by atoms with Crippen LogP contribution < -0.4 is 11.2 Å². The molecular weight excluding hydrogens is 503 g/mol. The Morgan fingerprint density at radius 2 is 1.78 bits per heavy atom. The number of esters is 1. The SMILES string of the molecule is CCCO[C@@H]1[C@H](OC(=O)c2ccccc2)[C@@H](/C=C/P(=O)(OCC)OCC)O[C@H]1n1cc(C)c(=O)[nH]c1=O. The third-order valence-corrected chi connectivity index (χ3v) is 7.26. The van der Waals surface area contributed by atoms with Gasteiger partial charge in [-0.05, 0) is 45.4 Å². The maximum absolute atomic E-state index is 13.0. The first kappa shape index (κ1) is 28.7. The summed E-state index contributed by atoms with van der Waals surface area (Å²) in [5, 5.41) is 0. The summed E-state index contributed by atoms with van der Waals surface area (Å²) in [4.78, 5) is 39.9. The molecule has 0 radical (unpaired) electrons. The molecule has 0 amide bonds. The summed E-state index contributed by atoms with van der Waals surface area (Å²) in [5.74, 6) is 0.634. The molecule has 0 unspecified atom stereocenters. The molecule has 0 bridgehead atoms. The molecule has 0 spiro atoms. The highest BCUT2D eigenvalue weighted by molar-refractivity contribution is 7.57. The fourth-order valence-corrected chi connectivity index (χ4v) is 5.17. The quantitative estimate of drug-likeness (QED) is 0.319. The lowest BCUT2D eigenvalue weighted by Crippen LogP contribution is -2.41. The van der Waals surface area contributed by atoms with Crippen LogP contribution in [0.25, 0.3) is 0 Å². The Morgan fingerprint density at radius 1 is 1.11 bits per heavy atom. The fraction of sp³-hybridized carbons (Fsp3) is 0.480. The van der Waals surface area contributed by atoms with E-state index in [1.807, 2.05) is 6.92 Å². The van der Waals surface area contributed by atoms with E-state index in [1.165, 1.54) is 22.7 Å². The molecule has 3 rings (SSSR count). The van der Waals surface area contributed by atoms with Crippen LogP contribution in [0.15, 0.2) is 58.0 Å². The first-order valence-corrected chi connectivity index (χ1v) is 13.8. The minimum atomic E-state index is -3.60. The third-order valence-electron chi connectivity index (χ3n) is 5.49. The molecule has 202 valence electrons. The highest BCUT2D eigenvalue weighted by atomic mass is 31.2. The second kappa shape index (κ2) is 13.1. The minimum absolute atomic E-state index is 0.149. The number of carbonyl (C=O) groups is 1. The Morgan fingerprint density at radius 3 is 2.41 bits per heavy atom. The zero-order chi connectivity index (χ0) is 27.0. The highest BCUT2D eigenvalue weighted by Gasteiger charge is 2.48. The molecule has 1 aliphatic rings. The summed E-state index contributed by atoms with van der Waals surface area (Å²) in [7, 11) is -3.60. The summed E-state index contributed by atoms with van der Waals surface area (Å²) in [5.41, 5.74) is -0.637. The maximum atomic E-state index is 13.0. The summed E-state index contributed by atoms with van der Waals surface area (Å²) in [6, 6.07) is 8.40. The van der Waals surface area contributed by atoms with Crippen LogP contribution >= 0.6 is 7.60 Å². The number of nitrogens with zero attached hydrogens (tertiary/aromatic N) is 1. The largest absolute Gasteiger partial charge is 0.453 e. The number of nitrogens with one attached hydrogen (secondary N) is 1. The van der Waals surface area contributed by atoms with Gasteiger partial charge in [0, 0.05) is 24.2 Å². The van der Waals surface area contributed by atoms with Crippen LogP contribution in [0, 0.1) is 6.92 Å². The number of hydrogen-bond donors (Lipinski definition) is 1. The van der Waals surface area contributed by atoms with Crippen LogP contribution in [-0.2, 0) is 27.8 Å². The van der Waals surface area contributed by atoms with Crippen molar-refractivity contribution in [3.8, 4) is 0 Å². The zero-order valence-corrected chi connectivity index (χ0v) is 22.2. The monoisotopic (exact) mass is 536 g/mol. The van der Waals surface area contributed by atoms with Crippen molar-refractivity contribution in [2.24, 2.45) is 0 Å². The van der Waals surface area contributed by atoms with Crippen molar-refractivity contribution < 1.29 is 32.6 Å². The average Bonchev–Trinajstić information content (AvgIpc) is 3.21. The van der Waals surface area contributed by atoms with E-state index in [1.54, 1.807) is 51.1 Å². The number of benzene rings is 1.